The third kappa shape index (κ3) is 4.16. The number of hydrogen-bond donors (Lipinski definition) is 2. The highest BCUT2D eigenvalue weighted by atomic mass is 16.3. The maximum absolute atomic E-state index is 13.2. The van der Waals surface area contributed by atoms with Gasteiger partial charge in [0.15, 0.2) is 11.3 Å². The molecule has 1 amide bonds. The van der Waals surface area contributed by atoms with Crippen LogP contribution in [0.5, 0.6) is 0 Å². The summed E-state index contributed by atoms with van der Waals surface area (Å²) in [6, 6.07) is 14.1. The van der Waals surface area contributed by atoms with Crippen LogP contribution in [0.1, 0.15) is 48.7 Å². The Morgan fingerprint density at radius 1 is 1.18 bits per heavy atom. The second-order valence-corrected chi connectivity index (χ2v) is 10.2. The van der Waals surface area contributed by atoms with Crippen LogP contribution < -0.4 is 10.2 Å². The van der Waals surface area contributed by atoms with E-state index in [1.807, 2.05) is 43.6 Å². The van der Waals surface area contributed by atoms with Crippen molar-refractivity contribution < 1.29 is 9.90 Å². The van der Waals surface area contributed by atoms with Crippen molar-refractivity contribution in [1.82, 2.24) is 34.7 Å². The summed E-state index contributed by atoms with van der Waals surface area (Å²) in [6.07, 6.45) is 6.21. The minimum absolute atomic E-state index is 0.178. The standard InChI is InChI=1S/C28H30N8O2/c1-17(2)35-16-21(19-11-12-29-33-27(19)35)23-13-25(34(3)15-18-7-5-4-6-8-18)36-26(31-23)20(14-30-36)28(38)32-22-9-10-24(22)37/h4-8,11-14,16-17,22,24,37H,9-10,15H2,1-3H3,(H,32,38)/t22-,24+/m0/s1. The Kier molecular flexibility index (Phi) is 6.03. The minimum Gasteiger partial charge on any atom is -0.391 e. The van der Waals surface area contributed by atoms with Crippen LogP contribution in [0.4, 0.5) is 5.82 Å². The fourth-order valence-corrected chi connectivity index (χ4v) is 4.95. The molecule has 1 aliphatic rings. The molecule has 4 aromatic heterocycles. The molecule has 0 unspecified atom stereocenters. The van der Waals surface area contributed by atoms with Crippen molar-refractivity contribution in [3.05, 3.63) is 72.2 Å². The SMILES string of the molecule is CC(C)n1cc(-c2cc(N(C)Cc3ccccc3)n3ncc(C(=O)N[C@H]4CC[C@H]4O)c3n2)c2ccnnc21. The van der Waals surface area contributed by atoms with Crippen LogP contribution in [-0.4, -0.2) is 59.6 Å². The zero-order chi connectivity index (χ0) is 26.4. The summed E-state index contributed by atoms with van der Waals surface area (Å²) in [7, 11) is 2.00. The number of hydrogen-bond acceptors (Lipinski definition) is 7. The Balaban J connectivity index is 1.50. The number of rotatable bonds is 7. The normalized spacial score (nSPS) is 17.2. The number of benzene rings is 1. The molecule has 4 heterocycles. The molecule has 0 saturated heterocycles. The number of carbonyl (C=O) groups is 1. The number of amides is 1. The number of aliphatic hydroxyl groups is 1. The Morgan fingerprint density at radius 2 is 2.00 bits per heavy atom. The van der Waals surface area contributed by atoms with Gasteiger partial charge in [0, 0.05) is 42.8 Å². The number of anilines is 1. The summed E-state index contributed by atoms with van der Waals surface area (Å²) in [4.78, 5) is 20.3. The van der Waals surface area contributed by atoms with E-state index in [1.165, 1.54) is 0 Å². The average molecular weight is 511 g/mol. The third-order valence-electron chi connectivity index (χ3n) is 7.24. The fourth-order valence-electron chi connectivity index (χ4n) is 4.95. The molecule has 194 valence electrons. The molecule has 38 heavy (non-hydrogen) atoms. The van der Waals surface area contributed by atoms with Gasteiger partial charge >= 0.3 is 0 Å². The number of aliphatic hydroxyl groups excluding tert-OH is 1. The van der Waals surface area contributed by atoms with Crippen LogP contribution in [-0.2, 0) is 6.54 Å². The van der Waals surface area contributed by atoms with Crippen molar-refractivity contribution in [1.29, 1.82) is 0 Å². The Bertz CT molecular complexity index is 1620. The van der Waals surface area contributed by atoms with Gasteiger partial charge in [0.05, 0.1) is 30.2 Å². The molecule has 0 aliphatic heterocycles. The van der Waals surface area contributed by atoms with Gasteiger partial charge in [-0.3, -0.25) is 4.79 Å². The molecule has 1 saturated carbocycles. The largest absolute Gasteiger partial charge is 0.391 e. The molecular formula is C28H30N8O2. The second kappa shape index (κ2) is 9.53. The van der Waals surface area contributed by atoms with Gasteiger partial charge in [-0.25, -0.2) is 4.98 Å². The van der Waals surface area contributed by atoms with E-state index in [0.29, 0.717) is 29.9 Å². The summed E-state index contributed by atoms with van der Waals surface area (Å²) < 4.78 is 3.79. The van der Waals surface area contributed by atoms with Crippen molar-refractivity contribution >= 4 is 28.4 Å². The first-order valence-corrected chi connectivity index (χ1v) is 12.9. The minimum atomic E-state index is -0.514. The average Bonchev–Trinajstić information content (AvgIpc) is 3.53. The predicted molar refractivity (Wildman–Crippen MR) is 145 cm³/mol. The lowest BCUT2D eigenvalue weighted by Gasteiger charge is -2.32. The summed E-state index contributed by atoms with van der Waals surface area (Å²) in [5, 5.41) is 26.9. The zero-order valence-corrected chi connectivity index (χ0v) is 21.6. The number of aromatic nitrogens is 6. The van der Waals surface area contributed by atoms with Crippen molar-refractivity contribution in [3.63, 3.8) is 0 Å². The second-order valence-electron chi connectivity index (χ2n) is 10.2. The number of fused-ring (bicyclic) bond motifs is 2. The van der Waals surface area contributed by atoms with E-state index < -0.39 is 6.10 Å². The van der Waals surface area contributed by atoms with E-state index >= 15 is 0 Å². The predicted octanol–water partition coefficient (Wildman–Crippen LogP) is 3.61. The van der Waals surface area contributed by atoms with E-state index in [-0.39, 0.29) is 18.0 Å². The number of nitrogens with one attached hydrogen (secondary N) is 1. The van der Waals surface area contributed by atoms with Crippen molar-refractivity contribution in [3.8, 4) is 11.3 Å². The molecule has 10 heteroatoms. The van der Waals surface area contributed by atoms with E-state index in [4.69, 9.17) is 4.98 Å². The maximum atomic E-state index is 13.2. The van der Waals surface area contributed by atoms with Crippen LogP contribution in [0.2, 0.25) is 0 Å². The van der Waals surface area contributed by atoms with E-state index in [9.17, 15) is 9.90 Å². The quantitative estimate of drug-likeness (QED) is 0.344. The smallest absolute Gasteiger partial charge is 0.257 e. The monoisotopic (exact) mass is 510 g/mol. The molecule has 1 aliphatic carbocycles. The first-order valence-electron chi connectivity index (χ1n) is 12.9. The van der Waals surface area contributed by atoms with Crippen molar-refractivity contribution in [2.75, 3.05) is 11.9 Å². The molecule has 0 bridgehead atoms. The van der Waals surface area contributed by atoms with Gasteiger partial charge < -0.3 is 19.9 Å². The van der Waals surface area contributed by atoms with Crippen LogP contribution in [0.15, 0.2) is 61.1 Å². The third-order valence-corrected chi connectivity index (χ3v) is 7.24. The molecule has 1 aromatic carbocycles. The molecule has 0 radical (unpaired) electrons. The lowest BCUT2D eigenvalue weighted by Crippen LogP contribution is -2.50. The van der Waals surface area contributed by atoms with Crippen LogP contribution in [0.25, 0.3) is 27.9 Å². The summed E-state index contributed by atoms with van der Waals surface area (Å²) in [6.45, 7) is 4.85. The van der Waals surface area contributed by atoms with Gasteiger partial charge in [0.1, 0.15) is 11.4 Å². The van der Waals surface area contributed by atoms with Gasteiger partial charge in [0.25, 0.3) is 5.91 Å². The van der Waals surface area contributed by atoms with Crippen molar-refractivity contribution in [2.24, 2.45) is 0 Å². The first-order chi connectivity index (χ1) is 18.4. The Morgan fingerprint density at radius 3 is 2.71 bits per heavy atom. The fraction of sp³-hybridized carbons (Fsp3) is 0.321. The Hall–Kier alpha value is -4.31. The van der Waals surface area contributed by atoms with Gasteiger partial charge in [-0.05, 0) is 38.3 Å². The maximum Gasteiger partial charge on any atom is 0.257 e. The van der Waals surface area contributed by atoms with E-state index in [1.54, 1.807) is 16.9 Å². The first kappa shape index (κ1) is 24.1. The van der Waals surface area contributed by atoms with E-state index in [0.717, 1.165) is 34.4 Å². The molecule has 1 fully saturated rings. The molecule has 5 aromatic rings. The Labute approximate surface area is 219 Å². The molecular weight excluding hydrogens is 480 g/mol. The highest BCUT2D eigenvalue weighted by Crippen LogP contribution is 2.33. The highest BCUT2D eigenvalue weighted by molar-refractivity contribution is 6.01. The lowest BCUT2D eigenvalue weighted by molar-refractivity contribution is 0.0448. The van der Waals surface area contributed by atoms with Crippen LogP contribution in [0.3, 0.4) is 0 Å². The summed E-state index contributed by atoms with van der Waals surface area (Å²) >= 11 is 0. The molecule has 2 atom stereocenters. The van der Waals surface area contributed by atoms with Crippen LogP contribution >= 0.6 is 0 Å². The number of nitrogens with zero attached hydrogens (tertiary/aromatic N) is 7. The topological polar surface area (TPSA) is 113 Å². The van der Waals surface area contributed by atoms with Gasteiger partial charge in [-0.1, -0.05) is 30.3 Å². The molecule has 2 N–H and O–H groups in total. The van der Waals surface area contributed by atoms with Gasteiger partial charge in [0.2, 0.25) is 0 Å². The van der Waals surface area contributed by atoms with Crippen LogP contribution in [0, 0.1) is 0 Å². The lowest BCUT2D eigenvalue weighted by atomic mass is 9.89. The summed E-state index contributed by atoms with van der Waals surface area (Å²) in [5.74, 6) is 0.504. The number of carbonyl (C=O) groups excluding carboxylic acids is 1. The summed E-state index contributed by atoms with van der Waals surface area (Å²) in [5.41, 5.74) is 4.37. The van der Waals surface area contributed by atoms with Gasteiger partial charge in [-0.15, -0.1) is 5.10 Å². The molecule has 0 spiro atoms. The zero-order valence-electron chi connectivity index (χ0n) is 21.6. The van der Waals surface area contributed by atoms with Gasteiger partial charge in [-0.2, -0.15) is 14.7 Å². The van der Waals surface area contributed by atoms with Crippen molar-refractivity contribution in [2.45, 2.75) is 51.4 Å². The molecule has 10 nitrogen and oxygen atoms in total. The van der Waals surface area contributed by atoms with E-state index in [2.05, 4.69) is 56.1 Å². The highest BCUT2D eigenvalue weighted by Gasteiger charge is 2.31. The molecule has 6 rings (SSSR count).